The topological polar surface area (TPSA) is 55.1 Å². The van der Waals surface area contributed by atoms with Gasteiger partial charge in [-0.2, -0.15) is 0 Å². The fraction of sp³-hybridized carbons (Fsp3) is 0.412. The van der Waals surface area contributed by atoms with Gasteiger partial charge in [-0.05, 0) is 42.5 Å². The van der Waals surface area contributed by atoms with Crippen LogP contribution < -0.4 is 5.32 Å². The van der Waals surface area contributed by atoms with Crippen LogP contribution in [0.15, 0.2) is 28.8 Å². The van der Waals surface area contributed by atoms with E-state index in [1.807, 2.05) is 32.9 Å². The molecular weight excluding hydrogens is 264 g/mol. The van der Waals surface area contributed by atoms with Gasteiger partial charge in [-0.25, -0.2) is 0 Å². The number of anilines is 1. The van der Waals surface area contributed by atoms with E-state index in [2.05, 4.69) is 16.5 Å². The third-order valence-corrected chi connectivity index (χ3v) is 3.85. The zero-order valence-electron chi connectivity index (χ0n) is 12.7. The molecule has 1 aliphatic carbocycles. The van der Waals surface area contributed by atoms with Crippen LogP contribution in [0.25, 0.3) is 0 Å². The van der Waals surface area contributed by atoms with Crippen molar-refractivity contribution in [2.45, 2.75) is 45.4 Å². The molecule has 0 fully saturated rings. The van der Waals surface area contributed by atoms with Crippen LogP contribution in [0.5, 0.6) is 0 Å². The molecule has 1 N–H and O–H groups in total. The van der Waals surface area contributed by atoms with E-state index in [0.717, 1.165) is 18.6 Å². The number of aryl methyl sites for hydroxylation is 2. The van der Waals surface area contributed by atoms with Crippen LogP contribution in [0, 0.1) is 0 Å². The molecule has 1 aliphatic rings. The standard InChI is InChI=1S/C17H20N2O2/c1-17(2,3)14-10-15(19-21-14)18-16(20)13-8-7-11-5-4-6-12(11)9-13/h7-10H,4-6H2,1-3H3,(H,18,19,20). The molecule has 0 saturated heterocycles. The second kappa shape index (κ2) is 5.02. The number of benzene rings is 1. The van der Waals surface area contributed by atoms with Crippen molar-refractivity contribution < 1.29 is 9.32 Å². The Kier molecular flexibility index (Phi) is 3.32. The van der Waals surface area contributed by atoms with Gasteiger partial charge in [-0.15, -0.1) is 0 Å². The largest absolute Gasteiger partial charge is 0.359 e. The highest BCUT2D eigenvalue weighted by Crippen LogP contribution is 2.25. The Morgan fingerprint density at radius 3 is 2.67 bits per heavy atom. The summed E-state index contributed by atoms with van der Waals surface area (Å²) in [5, 5.41) is 6.71. The number of fused-ring (bicyclic) bond motifs is 1. The van der Waals surface area contributed by atoms with Gasteiger partial charge < -0.3 is 9.84 Å². The summed E-state index contributed by atoms with van der Waals surface area (Å²) in [6.07, 6.45) is 3.36. The minimum absolute atomic E-state index is 0.121. The molecule has 0 bridgehead atoms. The minimum atomic E-state index is -0.140. The zero-order valence-corrected chi connectivity index (χ0v) is 12.7. The molecule has 0 atom stereocenters. The first kappa shape index (κ1) is 13.9. The maximum absolute atomic E-state index is 12.3. The third kappa shape index (κ3) is 2.84. The van der Waals surface area contributed by atoms with Crippen molar-refractivity contribution in [2.24, 2.45) is 0 Å². The number of rotatable bonds is 2. The first-order chi connectivity index (χ1) is 9.93. The maximum atomic E-state index is 12.3. The van der Waals surface area contributed by atoms with Crippen LogP contribution in [0.2, 0.25) is 0 Å². The average molecular weight is 284 g/mol. The number of hydrogen-bond acceptors (Lipinski definition) is 3. The van der Waals surface area contributed by atoms with Gasteiger partial charge in [-0.1, -0.05) is 32.0 Å². The molecule has 1 amide bonds. The highest BCUT2D eigenvalue weighted by molar-refractivity contribution is 6.03. The molecule has 4 nitrogen and oxygen atoms in total. The van der Waals surface area contributed by atoms with Crippen molar-refractivity contribution in [1.29, 1.82) is 0 Å². The highest BCUT2D eigenvalue weighted by atomic mass is 16.5. The van der Waals surface area contributed by atoms with E-state index < -0.39 is 0 Å². The molecule has 0 spiro atoms. The number of amides is 1. The zero-order chi connectivity index (χ0) is 15.0. The number of nitrogens with one attached hydrogen (secondary N) is 1. The summed E-state index contributed by atoms with van der Waals surface area (Å²) in [6.45, 7) is 6.12. The van der Waals surface area contributed by atoms with Crippen LogP contribution in [0.4, 0.5) is 5.82 Å². The van der Waals surface area contributed by atoms with Crippen LogP contribution >= 0.6 is 0 Å². The summed E-state index contributed by atoms with van der Waals surface area (Å²) in [4.78, 5) is 12.3. The Morgan fingerprint density at radius 1 is 1.19 bits per heavy atom. The quantitative estimate of drug-likeness (QED) is 0.914. The summed E-state index contributed by atoms with van der Waals surface area (Å²) in [5.41, 5.74) is 3.21. The molecule has 1 aromatic carbocycles. The lowest BCUT2D eigenvalue weighted by Crippen LogP contribution is -2.13. The highest BCUT2D eigenvalue weighted by Gasteiger charge is 2.21. The van der Waals surface area contributed by atoms with Crippen molar-refractivity contribution in [3.05, 3.63) is 46.7 Å². The molecule has 0 saturated carbocycles. The smallest absolute Gasteiger partial charge is 0.256 e. The van der Waals surface area contributed by atoms with Gasteiger partial charge in [0.25, 0.3) is 5.91 Å². The predicted molar refractivity (Wildman–Crippen MR) is 81.6 cm³/mol. The van der Waals surface area contributed by atoms with Crippen LogP contribution in [0.1, 0.15) is 54.4 Å². The molecule has 0 aliphatic heterocycles. The van der Waals surface area contributed by atoms with Crippen LogP contribution in [-0.2, 0) is 18.3 Å². The summed E-state index contributed by atoms with van der Waals surface area (Å²) >= 11 is 0. The number of carbonyl (C=O) groups is 1. The van der Waals surface area contributed by atoms with E-state index in [9.17, 15) is 4.79 Å². The van der Waals surface area contributed by atoms with E-state index in [1.165, 1.54) is 17.5 Å². The first-order valence-corrected chi connectivity index (χ1v) is 7.34. The molecule has 4 heteroatoms. The number of aromatic nitrogens is 1. The summed E-state index contributed by atoms with van der Waals surface area (Å²) in [7, 11) is 0. The Hall–Kier alpha value is -2.10. The van der Waals surface area contributed by atoms with E-state index in [0.29, 0.717) is 11.4 Å². The summed E-state index contributed by atoms with van der Waals surface area (Å²) < 4.78 is 5.28. The average Bonchev–Trinajstić information content (AvgIpc) is 3.04. The van der Waals surface area contributed by atoms with Gasteiger partial charge in [-0.3, -0.25) is 4.79 Å². The number of carbonyl (C=O) groups excluding carboxylic acids is 1. The van der Waals surface area contributed by atoms with Crippen molar-refractivity contribution in [3.63, 3.8) is 0 Å². The normalized spacial score (nSPS) is 14.0. The summed E-state index contributed by atoms with van der Waals surface area (Å²) in [6, 6.07) is 7.71. The van der Waals surface area contributed by atoms with Gasteiger partial charge in [0.05, 0.1) is 0 Å². The van der Waals surface area contributed by atoms with Gasteiger partial charge in [0, 0.05) is 17.0 Å². The molecule has 3 rings (SSSR count). The van der Waals surface area contributed by atoms with Crippen LogP contribution in [0.3, 0.4) is 0 Å². The molecule has 0 unspecified atom stereocenters. The lowest BCUT2D eigenvalue weighted by Gasteiger charge is -2.12. The van der Waals surface area contributed by atoms with E-state index in [1.54, 1.807) is 6.07 Å². The molecule has 0 radical (unpaired) electrons. The second-order valence-electron chi connectivity index (χ2n) is 6.62. The predicted octanol–water partition coefficient (Wildman–Crippen LogP) is 3.71. The summed E-state index contributed by atoms with van der Waals surface area (Å²) in [5.74, 6) is 1.08. The number of hydrogen-bond donors (Lipinski definition) is 1. The first-order valence-electron chi connectivity index (χ1n) is 7.34. The van der Waals surface area contributed by atoms with Crippen molar-refractivity contribution in [1.82, 2.24) is 5.16 Å². The fourth-order valence-corrected chi connectivity index (χ4v) is 2.59. The van der Waals surface area contributed by atoms with Gasteiger partial charge in [0.15, 0.2) is 5.82 Å². The molecule has 21 heavy (non-hydrogen) atoms. The van der Waals surface area contributed by atoms with Gasteiger partial charge in [0.1, 0.15) is 5.76 Å². The fourth-order valence-electron chi connectivity index (χ4n) is 2.59. The van der Waals surface area contributed by atoms with Crippen LogP contribution in [-0.4, -0.2) is 11.1 Å². The van der Waals surface area contributed by atoms with Gasteiger partial charge in [0.2, 0.25) is 0 Å². The van der Waals surface area contributed by atoms with E-state index in [4.69, 9.17) is 4.52 Å². The lowest BCUT2D eigenvalue weighted by atomic mass is 9.93. The Morgan fingerprint density at radius 2 is 1.95 bits per heavy atom. The Bertz CT molecular complexity index is 680. The van der Waals surface area contributed by atoms with E-state index >= 15 is 0 Å². The van der Waals surface area contributed by atoms with Crippen molar-refractivity contribution in [2.75, 3.05) is 5.32 Å². The second-order valence-corrected chi connectivity index (χ2v) is 6.62. The monoisotopic (exact) mass is 284 g/mol. The molecule has 110 valence electrons. The Labute approximate surface area is 124 Å². The van der Waals surface area contributed by atoms with Gasteiger partial charge >= 0.3 is 0 Å². The van der Waals surface area contributed by atoms with E-state index in [-0.39, 0.29) is 11.3 Å². The van der Waals surface area contributed by atoms with Crippen molar-refractivity contribution >= 4 is 11.7 Å². The molecular formula is C17H20N2O2. The minimum Gasteiger partial charge on any atom is -0.359 e. The molecule has 1 aromatic heterocycles. The Balaban J connectivity index is 1.76. The SMILES string of the molecule is CC(C)(C)c1cc(NC(=O)c2ccc3c(c2)CCC3)no1. The maximum Gasteiger partial charge on any atom is 0.256 e. The number of nitrogens with zero attached hydrogens (tertiary/aromatic N) is 1. The lowest BCUT2D eigenvalue weighted by molar-refractivity contribution is 0.102. The third-order valence-electron chi connectivity index (χ3n) is 3.85. The molecule has 2 aromatic rings. The van der Waals surface area contributed by atoms with Crippen molar-refractivity contribution in [3.8, 4) is 0 Å². The molecule has 1 heterocycles.